The molecule has 2 aromatic heterocycles. The van der Waals surface area contributed by atoms with Crippen molar-refractivity contribution in [3.05, 3.63) is 53.5 Å². The predicted octanol–water partition coefficient (Wildman–Crippen LogP) is 7.83. The molecule has 35 heavy (non-hydrogen) atoms. The number of aromatic amines is 1. The number of aryl methyl sites for hydroxylation is 1. The highest BCUT2D eigenvalue weighted by atomic mass is 35.5. The molecule has 0 aliphatic heterocycles. The molecule has 2 aromatic carbocycles. The van der Waals surface area contributed by atoms with Crippen LogP contribution in [0.1, 0.15) is 37.9 Å². The van der Waals surface area contributed by atoms with Crippen LogP contribution >= 0.6 is 12.4 Å². The van der Waals surface area contributed by atoms with E-state index < -0.39 is 34.8 Å². The highest BCUT2D eigenvalue weighted by Gasteiger charge is 2.36. The third-order valence-corrected chi connectivity index (χ3v) is 4.97. The summed E-state index contributed by atoms with van der Waals surface area (Å²) >= 11 is 0. The van der Waals surface area contributed by atoms with E-state index >= 15 is 0 Å². The topological polar surface area (TPSA) is 63.9 Å². The summed E-state index contributed by atoms with van der Waals surface area (Å²) in [7, 11) is 0. The van der Waals surface area contributed by atoms with Crippen LogP contribution in [-0.2, 0) is 11.6 Å². The first-order valence-electron chi connectivity index (χ1n) is 10.1. The Labute approximate surface area is 201 Å². The largest absolute Gasteiger partial charge is 0.573 e. The molecular formula is C23H20ClF6N3O2. The Balaban J connectivity index is 0.00000342. The van der Waals surface area contributed by atoms with Crippen LogP contribution in [0.4, 0.5) is 26.3 Å². The summed E-state index contributed by atoms with van der Waals surface area (Å²) in [5, 5.41) is 0. The number of para-hydroxylation sites is 1. The Morgan fingerprint density at radius 3 is 2.17 bits per heavy atom. The Hall–Kier alpha value is -3.21. The number of halogens is 7. The number of benzene rings is 2. The molecule has 1 N–H and O–H groups in total. The molecule has 0 fully saturated rings. The maximum Gasteiger partial charge on any atom is 0.573 e. The molecule has 0 atom stereocenters. The SMILES string of the molecule is Cc1nc(C(C)(C)C)oc1-c1nc2c(C(F)(F)F)cc(-c3ccccc3OC(F)(F)F)cc2[nH]1.Cl. The smallest absolute Gasteiger partial charge is 0.437 e. The standard InChI is InChI=1S/C23H19F6N3O2.ClH/c1-11-18(33-20(30-11)21(2,3)4)19-31-15-10-12(9-14(17(15)32-19)22(24,25)26)13-7-5-6-8-16(13)34-23(27,28)29;/h5-10H,1-4H3,(H,31,32);1H. The second-order valence-electron chi connectivity index (χ2n) is 8.73. The van der Waals surface area contributed by atoms with E-state index in [1.807, 2.05) is 20.8 Å². The second kappa shape index (κ2) is 8.78. The van der Waals surface area contributed by atoms with Crippen LogP contribution in [0, 0.1) is 6.92 Å². The number of nitrogens with one attached hydrogen (secondary N) is 1. The lowest BCUT2D eigenvalue weighted by molar-refractivity contribution is -0.274. The molecule has 0 saturated carbocycles. The first-order valence-corrected chi connectivity index (χ1v) is 10.1. The van der Waals surface area contributed by atoms with Gasteiger partial charge in [-0.3, -0.25) is 0 Å². The number of hydrogen-bond acceptors (Lipinski definition) is 4. The molecule has 12 heteroatoms. The van der Waals surface area contributed by atoms with Crippen molar-refractivity contribution in [2.75, 3.05) is 0 Å². The second-order valence-corrected chi connectivity index (χ2v) is 8.73. The average molecular weight is 520 g/mol. The minimum Gasteiger partial charge on any atom is -0.437 e. The van der Waals surface area contributed by atoms with Crippen LogP contribution in [0.2, 0.25) is 0 Å². The van der Waals surface area contributed by atoms with Gasteiger partial charge in [0, 0.05) is 11.0 Å². The normalized spacial score (nSPS) is 12.6. The van der Waals surface area contributed by atoms with Crippen molar-refractivity contribution in [1.29, 1.82) is 0 Å². The van der Waals surface area contributed by atoms with Crippen LogP contribution < -0.4 is 4.74 Å². The van der Waals surface area contributed by atoms with Crippen molar-refractivity contribution in [1.82, 2.24) is 15.0 Å². The van der Waals surface area contributed by atoms with E-state index in [0.717, 1.165) is 12.1 Å². The van der Waals surface area contributed by atoms with Crippen LogP contribution in [0.3, 0.4) is 0 Å². The molecule has 0 aliphatic rings. The minimum atomic E-state index is -5.01. The average Bonchev–Trinajstić information content (AvgIpc) is 3.28. The monoisotopic (exact) mass is 519 g/mol. The number of aromatic nitrogens is 3. The highest BCUT2D eigenvalue weighted by molar-refractivity contribution is 5.88. The summed E-state index contributed by atoms with van der Waals surface area (Å²) in [6.45, 7) is 7.25. The van der Waals surface area contributed by atoms with Gasteiger partial charge in [0.05, 0.1) is 16.8 Å². The van der Waals surface area contributed by atoms with E-state index in [1.165, 1.54) is 24.3 Å². The summed E-state index contributed by atoms with van der Waals surface area (Å²) in [6, 6.07) is 7.01. The van der Waals surface area contributed by atoms with Gasteiger partial charge in [0.1, 0.15) is 11.3 Å². The van der Waals surface area contributed by atoms with Gasteiger partial charge < -0.3 is 14.1 Å². The summed E-state index contributed by atoms with van der Waals surface area (Å²) in [5.74, 6) is -0.0342. The number of alkyl halides is 6. The Morgan fingerprint density at radius 1 is 0.943 bits per heavy atom. The fourth-order valence-corrected chi connectivity index (χ4v) is 3.45. The predicted molar refractivity (Wildman–Crippen MR) is 119 cm³/mol. The lowest BCUT2D eigenvalue weighted by Crippen LogP contribution is -2.17. The Bertz CT molecular complexity index is 1370. The summed E-state index contributed by atoms with van der Waals surface area (Å²) in [4.78, 5) is 11.2. The van der Waals surface area contributed by atoms with Gasteiger partial charge in [-0.2, -0.15) is 13.2 Å². The van der Waals surface area contributed by atoms with E-state index in [4.69, 9.17) is 4.42 Å². The zero-order chi connectivity index (χ0) is 25.1. The third kappa shape index (κ3) is 5.39. The van der Waals surface area contributed by atoms with Crippen molar-refractivity contribution >= 4 is 23.4 Å². The minimum absolute atomic E-state index is 0. The van der Waals surface area contributed by atoms with E-state index in [1.54, 1.807) is 6.92 Å². The number of ether oxygens (including phenoxy) is 1. The van der Waals surface area contributed by atoms with Crippen LogP contribution in [0.25, 0.3) is 33.7 Å². The number of oxazole rings is 1. The lowest BCUT2D eigenvalue weighted by Gasteiger charge is -2.15. The summed E-state index contributed by atoms with van der Waals surface area (Å²) in [6.07, 6.45) is -9.84. The Kier molecular flexibility index (Phi) is 6.62. The summed E-state index contributed by atoms with van der Waals surface area (Å²) in [5.41, 5.74) is -1.84. The molecule has 4 rings (SSSR count). The molecular weight excluding hydrogens is 500 g/mol. The molecule has 0 aliphatic carbocycles. The molecule has 0 spiro atoms. The fraction of sp³-hybridized carbons (Fsp3) is 0.304. The van der Waals surface area contributed by atoms with Gasteiger partial charge in [-0.05, 0) is 30.7 Å². The fourth-order valence-electron chi connectivity index (χ4n) is 3.45. The first-order chi connectivity index (χ1) is 15.6. The molecule has 0 radical (unpaired) electrons. The molecule has 2 heterocycles. The molecule has 0 saturated heterocycles. The van der Waals surface area contributed by atoms with Gasteiger partial charge >= 0.3 is 12.5 Å². The van der Waals surface area contributed by atoms with Crippen LogP contribution in [0.5, 0.6) is 5.75 Å². The summed E-state index contributed by atoms with van der Waals surface area (Å²) < 4.78 is 90.1. The van der Waals surface area contributed by atoms with E-state index in [-0.39, 0.29) is 40.6 Å². The van der Waals surface area contributed by atoms with Crippen molar-refractivity contribution in [3.8, 4) is 28.5 Å². The van der Waals surface area contributed by atoms with E-state index in [2.05, 4.69) is 19.7 Å². The molecule has 0 amide bonds. The molecule has 4 aromatic rings. The zero-order valence-electron chi connectivity index (χ0n) is 18.9. The lowest BCUT2D eigenvalue weighted by atomic mass is 9.97. The van der Waals surface area contributed by atoms with Crippen molar-refractivity contribution in [3.63, 3.8) is 0 Å². The van der Waals surface area contributed by atoms with Crippen molar-refractivity contribution in [2.45, 2.75) is 45.6 Å². The molecule has 0 unspecified atom stereocenters. The Morgan fingerprint density at radius 2 is 1.60 bits per heavy atom. The molecule has 5 nitrogen and oxygen atoms in total. The molecule has 0 bridgehead atoms. The van der Waals surface area contributed by atoms with Gasteiger partial charge in [-0.15, -0.1) is 25.6 Å². The number of fused-ring (bicyclic) bond motifs is 1. The maximum absolute atomic E-state index is 13.9. The third-order valence-electron chi connectivity index (χ3n) is 4.97. The number of rotatable bonds is 3. The number of hydrogen-bond donors (Lipinski definition) is 1. The van der Waals surface area contributed by atoms with E-state index in [9.17, 15) is 26.3 Å². The maximum atomic E-state index is 13.9. The quantitative estimate of drug-likeness (QED) is 0.280. The molecule has 188 valence electrons. The first kappa shape index (κ1) is 26.4. The number of H-pyrrole nitrogens is 1. The van der Waals surface area contributed by atoms with Gasteiger partial charge in [0.2, 0.25) is 5.89 Å². The van der Waals surface area contributed by atoms with Gasteiger partial charge in [0.25, 0.3) is 0 Å². The zero-order valence-corrected chi connectivity index (χ0v) is 19.7. The van der Waals surface area contributed by atoms with Gasteiger partial charge in [0.15, 0.2) is 11.6 Å². The number of nitrogens with zero attached hydrogens (tertiary/aromatic N) is 2. The van der Waals surface area contributed by atoms with Gasteiger partial charge in [-0.25, -0.2) is 9.97 Å². The van der Waals surface area contributed by atoms with Crippen molar-refractivity contribution < 1.29 is 35.5 Å². The van der Waals surface area contributed by atoms with Gasteiger partial charge in [-0.1, -0.05) is 39.0 Å². The highest BCUT2D eigenvalue weighted by Crippen LogP contribution is 2.41. The van der Waals surface area contributed by atoms with Crippen molar-refractivity contribution in [2.24, 2.45) is 0 Å². The number of imidazole rings is 1. The van der Waals surface area contributed by atoms with Crippen LogP contribution in [-0.4, -0.2) is 21.3 Å². The van der Waals surface area contributed by atoms with E-state index in [0.29, 0.717) is 11.6 Å². The van der Waals surface area contributed by atoms with Crippen LogP contribution in [0.15, 0.2) is 40.8 Å².